The highest BCUT2D eigenvalue weighted by Crippen LogP contribution is 2.42. The Morgan fingerprint density at radius 3 is 1.62 bits per heavy atom. The normalized spacial score (nSPS) is 11.0. The van der Waals surface area contributed by atoms with Gasteiger partial charge in [-0.25, -0.2) is 0 Å². The first-order valence-electron chi connectivity index (χ1n) is 16.1. The monoisotopic (exact) mass is 599 g/mol. The number of para-hydroxylation sites is 1. The zero-order valence-corrected chi connectivity index (χ0v) is 26.0. The van der Waals surface area contributed by atoms with Crippen LogP contribution in [0.25, 0.3) is 55.3 Å². The zero-order chi connectivity index (χ0) is 31.4. The molecule has 0 aliphatic heterocycles. The molecule has 0 heterocycles. The number of hydrogen-bond acceptors (Lipinski definition) is 1. The summed E-state index contributed by atoms with van der Waals surface area (Å²) in [6, 6.07) is 71.8. The maximum absolute atomic E-state index is 2.38. The minimum atomic E-state index is 1.10. The van der Waals surface area contributed by atoms with Crippen molar-refractivity contribution in [1.82, 2.24) is 0 Å². The molecule has 0 spiro atoms. The van der Waals surface area contributed by atoms with E-state index in [1.54, 1.807) is 0 Å². The molecule has 1 nitrogen and oxygen atoms in total. The molecular weight excluding hydrogens is 567 g/mol. The quantitative estimate of drug-likeness (QED) is 0.176. The van der Waals surface area contributed by atoms with E-state index in [0.29, 0.717) is 0 Å². The first-order valence-corrected chi connectivity index (χ1v) is 16.1. The van der Waals surface area contributed by atoms with Gasteiger partial charge in [-0.2, -0.15) is 0 Å². The van der Waals surface area contributed by atoms with E-state index in [9.17, 15) is 0 Å². The Kier molecular flexibility index (Phi) is 7.63. The third kappa shape index (κ3) is 5.72. The van der Waals surface area contributed by atoms with Crippen LogP contribution in [0.3, 0.4) is 0 Å². The summed E-state index contributed by atoms with van der Waals surface area (Å²) in [7, 11) is 0. The summed E-state index contributed by atoms with van der Waals surface area (Å²) in [5.74, 6) is 0. The van der Waals surface area contributed by atoms with Gasteiger partial charge in [-0.1, -0.05) is 164 Å². The minimum Gasteiger partial charge on any atom is -0.310 e. The predicted octanol–water partition coefficient (Wildman–Crippen LogP) is 13.0. The summed E-state index contributed by atoms with van der Waals surface area (Å²) >= 11 is 0. The predicted molar refractivity (Wildman–Crippen MR) is 200 cm³/mol. The SMILES string of the molecule is c1ccc(-c2cccc(N(c3ccc(-c4cccc(-c5cccc6ccccc56)c4)cc3)c3ccccc3-c3ccccc3)c2)cc1. The Labute approximate surface area is 276 Å². The number of anilines is 3. The molecule has 8 aromatic rings. The van der Waals surface area contributed by atoms with Crippen molar-refractivity contribution in [2.75, 3.05) is 4.90 Å². The second kappa shape index (κ2) is 12.7. The van der Waals surface area contributed by atoms with Gasteiger partial charge in [0.2, 0.25) is 0 Å². The Hall–Kier alpha value is -6.18. The molecule has 0 bridgehead atoms. The van der Waals surface area contributed by atoms with Crippen LogP contribution in [0.5, 0.6) is 0 Å². The van der Waals surface area contributed by atoms with Gasteiger partial charge in [-0.05, 0) is 86.1 Å². The van der Waals surface area contributed by atoms with E-state index in [1.165, 1.54) is 55.3 Å². The van der Waals surface area contributed by atoms with E-state index in [-0.39, 0.29) is 0 Å². The van der Waals surface area contributed by atoms with Gasteiger partial charge >= 0.3 is 0 Å². The summed E-state index contributed by atoms with van der Waals surface area (Å²) < 4.78 is 0. The van der Waals surface area contributed by atoms with Crippen LogP contribution >= 0.6 is 0 Å². The molecule has 0 unspecified atom stereocenters. The first-order chi connectivity index (χ1) is 23.3. The Bertz CT molecular complexity index is 2280. The molecule has 0 saturated heterocycles. The fourth-order valence-electron chi connectivity index (χ4n) is 6.56. The van der Waals surface area contributed by atoms with Crippen molar-refractivity contribution in [3.63, 3.8) is 0 Å². The van der Waals surface area contributed by atoms with Gasteiger partial charge in [0.05, 0.1) is 5.69 Å². The third-order valence-corrected chi connectivity index (χ3v) is 8.86. The fraction of sp³-hybridized carbons (Fsp3) is 0. The molecule has 8 rings (SSSR count). The van der Waals surface area contributed by atoms with Crippen molar-refractivity contribution in [2.45, 2.75) is 0 Å². The Morgan fingerprint density at radius 1 is 0.277 bits per heavy atom. The molecule has 0 N–H and O–H groups in total. The lowest BCUT2D eigenvalue weighted by Crippen LogP contribution is -2.11. The lowest BCUT2D eigenvalue weighted by atomic mass is 9.95. The highest BCUT2D eigenvalue weighted by atomic mass is 15.1. The van der Waals surface area contributed by atoms with Crippen molar-refractivity contribution in [3.8, 4) is 44.5 Å². The van der Waals surface area contributed by atoms with Crippen LogP contribution in [-0.4, -0.2) is 0 Å². The zero-order valence-electron chi connectivity index (χ0n) is 26.0. The molecule has 0 aliphatic rings. The second-order valence-corrected chi connectivity index (χ2v) is 11.8. The largest absolute Gasteiger partial charge is 0.310 e. The van der Waals surface area contributed by atoms with Gasteiger partial charge in [0.1, 0.15) is 0 Å². The lowest BCUT2D eigenvalue weighted by Gasteiger charge is -2.28. The highest BCUT2D eigenvalue weighted by Gasteiger charge is 2.18. The van der Waals surface area contributed by atoms with Crippen molar-refractivity contribution < 1.29 is 0 Å². The third-order valence-electron chi connectivity index (χ3n) is 8.86. The standard InChI is InChI=1S/C46H33N/c1-3-14-34(15-4-1)39-21-12-23-42(33-39)47(46-27-10-9-25-45(46)37-16-5-2-6-17-37)41-30-28-35(29-31-41)38-20-11-22-40(32-38)44-26-13-19-36-18-7-8-24-43(36)44/h1-33H. The van der Waals surface area contributed by atoms with E-state index < -0.39 is 0 Å². The number of rotatable bonds is 7. The number of hydrogen-bond donors (Lipinski definition) is 0. The van der Waals surface area contributed by atoms with Crippen molar-refractivity contribution in [3.05, 3.63) is 200 Å². The molecule has 0 aliphatic carbocycles. The van der Waals surface area contributed by atoms with Crippen LogP contribution in [0, 0.1) is 0 Å². The molecule has 0 fully saturated rings. The van der Waals surface area contributed by atoms with Crippen LogP contribution < -0.4 is 4.90 Å². The molecule has 0 radical (unpaired) electrons. The van der Waals surface area contributed by atoms with Gasteiger partial charge in [0.25, 0.3) is 0 Å². The fourth-order valence-corrected chi connectivity index (χ4v) is 6.56. The number of fused-ring (bicyclic) bond motifs is 1. The van der Waals surface area contributed by atoms with E-state index in [0.717, 1.165) is 17.1 Å². The van der Waals surface area contributed by atoms with Gasteiger partial charge in [0.15, 0.2) is 0 Å². The van der Waals surface area contributed by atoms with E-state index in [4.69, 9.17) is 0 Å². The average Bonchev–Trinajstić information content (AvgIpc) is 3.16. The molecular formula is C46H33N. The summed E-state index contributed by atoms with van der Waals surface area (Å²) in [4.78, 5) is 2.38. The topological polar surface area (TPSA) is 3.24 Å². The van der Waals surface area contributed by atoms with Crippen LogP contribution in [0.1, 0.15) is 0 Å². The maximum atomic E-state index is 2.38. The molecule has 0 aromatic heterocycles. The molecule has 1 heteroatoms. The molecule has 222 valence electrons. The molecule has 8 aromatic carbocycles. The Morgan fingerprint density at radius 2 is 0.809 bits per heavy atom. The van der Waals surface area contributed by atoms with Gasteiger partial charge in [0, 0.05) is 16.9 Å². The van der Waals surface area contributed by atoms with Crippen LogP contribution in [0.2, 0.25) is 0 Å². The van der Waals surface area contributed by atoms with E-state index in [1.807, 2.05) is 0 Å². The van der Waals surface area contributed by atoms with Gasteiger partial charge in [-0.15, -0.1) is 0 Å². The molecule has 0 amide bonds. The number of nitrogens with zero attached hydrogens (tertiary/aromatic N) is 1. The molecule has 47 heavy (non-hydrogen) atoms. The first kappa shape index (κ1) is 28.3. The van der Waals surface area contributed by atoms with Crippen molar-refractivity contribution >= 4 is 27.8 Å². The van der Waals surface area contributed by atoms with Gasteiger partial charge < -0.3 is 4.90 Å². The molecule has 0 saturated carbocycles. The second-order valence-electron chi connectivity index (χ2n) is 11.8. The van der Waals surface area contributed by atoms with E-state index in [2.05, 4.69) is 205 Å². The van der Waals surface area contributed by atoms with Crippen LogP contribution in [-0.2, 0) is 0 Å². The summed E-state index contributed by atoms with van der Waals surface area (Å²) in [6.07, 6.45) is 0. The summed E-state index contributed by atoms with van der Waals surface area (Å²) in [5, 5.41) is 2.53. The smallest absolute Gasteiger partial charge is 0.0540 e. The van der Waals surface area contributed by atoms with Crippen molar-refractivity contribution in [2.24, 2.45) is 0 Å². The molecule has 0 atom stereocenters. The van der Waals surface area contributed by atoms with Crippen molar-refractivity contribution in [1.29, 1.82) is 0 Å². The average molecular weight is 600 g/mol. The summed E-state index contributed by atoms with van der Waals surface area (Å²) in [6.45, 7) is 0. The highest BCUT2D eigenvalue weighted by molar-refractivity contribution is 5.97. The van der Waals surface area contributed by atoms with Gasteiger partial charge in [-0.3, -0.25) is 0 Å². The lowest BCUT2D eigenvalue weighted by molar-refractivity contribution is 1.28. The minimum absolute atomic E-state index is 1.10. The van der Waals surface area contributed by atoms with Crippen LogP contribution in [0.4, 0.5) is 17.1 Å². The summed E-state index contributed by atoms with van der Waals surface area (Å²) in [5.41, 5.74) is 13.0. The van der Waals surface area contributed by atoms with E-state index >= 15 is 0 Å². The van der Waals surface area contributed by atoms with Crippen LogP contribution in [0.15, 0.2) is 200 Å². The maximum Gasteiger partial charge on any atom is 0.0540 e. The number of benzene rings is 8. The Balaban J connectivity index is 1.22.